The van der Waals surface area contributed by atoms with Gasteiger partial charge in [-0.3, -0.25) is 4.79 Å². The van der Waals surface area contributed by atoms with Crippen molar-refractivity contribution in [3.05, 3.63) is 17.2 Å². The summed E-state index contributed by atoms with van der Waals surface area (Å²) in [5.41, 5.74) is 0.608. The van der Waals surface area contributed by atoms with E-state index in [1.54, 1.807) is 26.4 Å². The molecule has 0 unspecified atom stereocenters. The first-order valence-electron chi connectivity index (χ1n) is 7.82. The Morgan fingerprint density at radius 1 is 1.23 bits per heavy atom. The number of hydrogen-bond donors (Lipinski definition) is 1. The highest BCUT2D eigenvalue weighted by molar-refractivity contribution is 6.32. The van der Waals surface area contributed by atoms with E-state index in [1.165, 1.54) is 25.7 Å². The van der Waals surface area contributed by atoms with Gasteiger partial charge in [0.05, 0.1) is 24.9 Å². The van der Waals surface area contributed by atoms with Crippen LogP contribution < -0.4 is 14.8 Å². The maximum absolute atomic E-state index is 12.4. The second kappa shape index (κ2) is 6.37. The molecule has 0 aliphatic heterocycles. The summed E-state index contributed by atoms with van der Waals surface area (Å²) >= 11 is 6.08. The Balaban J connectivity index is 1.68. The Kier molecular flexibility index (Phi) is 4.48. The first-order chi connectivity index (χ1) is 10.6. The molecule has 0 aromatic heterocycles. The number of fused-ring (bicyclic) bond motifs is 2. The van der Waals surface area contributed by atoms with Crippen LogP contribution in [0, 0.1) is 17.8 Å². The quantitative estimate of drug-likeness (QED) is 0.886. The third kappa shape index (κ3) is 3.02. The first-order valence-corrected chi connectivity index (χ1v) is 8.20. The molecular weight excluding hydrogens is 302 g/mol. The number of amides is 1. The van der Waals surface area contributed by atoms with Gasteiger partial charge in [-0.1, -0.05) is 18.0 Å². The lowest BCUT2D eigenvalue weighted by Gasteiger charge is -2.21. The highest BCUT2D eigenvalue weighted by Gasteiger charge is 2.40. The largest absolute Gasteiger partial charge is 0.495 e. The van der Waals surface area contributed by atoms with Gasteiger partial charge >= 0.3 is 0 Å². The highest BCUT2D eigenvalue weighted by Crippen LogP contribution is 2.49. The molecule has 2 saturated carbocycles. The van der Waals surface area contributed by atoms with Gasteiger partial charge < -0.3 is 14.8 Å². The van der Waals surface area contributed by atoms with Crippen molar-refractivity contribution >= 4 is 23.2 Å². The average molecular weight is 324 g/mol. The molecule has 2 bridgehead atoms. The zero-order valence-electron chi connectivity index (χ0n) is 13.0. The monoisotopic (exact) mass is 323 g/mol. The molecule has 1 aromatic rings. The van der Waals surface area contributed by atoms with Gasteiger partial charge in [0.25, 0.3) is 0 Å². The summed E-state index contributed by atoms with van der Waals surface area (Å²) in [5, 5.41) is 3.41. The van der Waals surface area contributed by atoms with Gasteiger partial charge in [0, 0.05) is 18.6 Å². The van der Waals surface area contributed by atoms with Crippen molar-refractivity contribution < 1.29 is 14.3 Å². The summed E-state index contributed by atoms with van der Waals surface area (Å²) < 4.78 is 10.5. The van der Waals surface area contributed by atoms with Crippen molar-refractivity contribution in [2.45, 2.75) is 32.1 Å². The van der Waals surface area contributed by atoms with Gasteiger partial charge in [0.1, 0.15) is 11.5 Å². The number of nitrogens with one attached hydrogen (secondary N) is 1. The lowest BCUT2D eigenvalue weighted by molar-refractivity contribution is -0.117. The van der Waals surface area contributed by atoms with Crippen LogP contribution in [0.4, 0.5) is 5.69 Å². The summed E-state index contributed by atoms with van der Waals surface area (Å²) in [6.45, 7) is 0. The van der Waals surface area contributed by atoms with Crippen LogP contribution >= 0.6 is 11.6 Å². The molecule has 22 heavy (non-hydrogen) atoms. The van der Waals surface area contributed by atoms with E-state index in [4.69, 9.17) is 21.1 Å². The van der Waals surface area contributed by atoms with Gasteiger partial charge in [-0.05, 0) is 37.0 Å². The molecule has 3 rings (SSSR count). The summed E-state index contributed by atoms with van der Waals surface area (Å²) in [5.74, 6) is 3.26. The summed E-state index contributed by atoms with van der Waals surface area (Å²) in [6.07, 6.45) is 5.76. The minimum absolute atomic E-state index is 0.0419. The first kappa shape index (κ1) is 15.5. The van der Waals surface area contributed by atoms with E-state index < -0.39 is 0 Å². The van der Waals surface area contributed by atoms with Crippen molar-refractivity contribution in [1.29, 1.82) is 0 Å². The summed E-state index contributed by atoms with van der Waals surface area (Å²) in [7, 11) is 3.11. The predicted octanol–water partition coefficient (Wildman–Crippen LogP) is 4.12. The minimum Gasteiger partial charge on any atom is -0.495 e. The standard InChI is InChI=1S/C17H22ClNO3/c1-21-15-9-14(16(22-2)8-13(15)18)19-17(20)7-12-6-10-3-4-11(12)5-10/h8-12H,3-7H2,1-2H3,(H,19,20)/t10-,11+,12+/m0/s1. The van der Waals surface area contributed by atoms with Crippen LogP contribution in [0.2, 0.25) is 5.02 Å². The molecular formula is C17H22ClNO3. The normalized spacial score (nSPS) is 26.0. The zero-order valence-corrected chi connectivity index (χ0v) is 13.8. The summed E-state index contributed by atoms with van der Waals surface area (Å²) in [6, 6.07) is 3.37. The van der Waals surface area contributed by atoms with Crippen LogP contribution in [0.5, 0.6) is 11.5 Å². The molecule has 0 saturated heterocycles. The van der Waals surface area contributed by atoms with Crippen molar-refractivity contribution in [3.8, 4) is 11.5 Å². The predicted molar refractivity (Wildman–Crippen MR) is 86.7 cm³/mol. The van der Waals surface area contributed by atoms with Crippen LogP contribution in [-0.2, 0) is 4.79 Å². The Morgan fingerprint density at radius 3 is 2.59 bits per heavy atom. The fourth-order valence-corrected chi connectivity index (χ4v) is 4.25. The van der Waals surface area contributed by atoms with Gasteiger partial charge in [0.15, 0.2) is 0 Å². The van der Waals surface area contributed by atoms with Gasteiger partial charge in [0.2, 0.25) is 5.91 Å². The molecule has 4 nitrogen and oxygen atoms in total. The molecule has 0 heterocycles. The Hall–Kier alpha value is -1.42. The van der Waals surface area contributed by atoms with Crippen molar-refractivity contribution in [1.82, 2.24) is 0 Å². The zero-order chi connectivity index (χ0) is 15.7. The van der Waals surface area contributed by atoms with Crippen molar-refractivity contribution in [3.63, 3.8) is 0 Å². The van der Waals surface area contributed by atoms with E-state index in [-0.39, 0.29) is 5.91 Å². The number of ether oxygens (including phenoxy) is 2. The van der Waals surface area contributed by atoms with E-state index in [1.807, 2.05) is 0 Å². The molecule has 2 aliphatic rings. The van der Waals surface area contributed by atoms with E-state index in [2.05, 4.69) is 5.32 Å². The summed E-state index contributed by atoms with van der Waals surface area (Å²) in [4.78, 5) is 12.4. The Bertz CT molecular complexity index is 575. The van der Waals surface area contributed by atoms with E-state index in [0.29, 0.717) is 34.5 Å². The number of halogens is 1. The minimum atomic E-state index is 0.0419. The smallest absolute Gasteiger partial charge is 0.224 e. The van der Waals surface area contributed by atoms with Crippen LogP contribution in [0.3, 0.4) is 0 Å². The molecule has 1 amide bonds. The number of rotatable bonds is 5. The fourth-order valence-electron chi connectivity index (χ4n) is 4.02. The van der Waals surface area contributed by atoms with E-state index in [9.17, 15) is 4.79 Å². The van der Waals surface area contributed by atoms with Crippen molar-refractivity contribution in [2.75, 3.05) is 19.5 Å². The highest BCUT2D eigenvalue weighted by atomic mass is 35.5. The van der Waals surface area contributed by atoms with E-state index in [0.717, 1.165) is 11.8 Å². The molecule has 120 valence electrons. The molecule has 1 N–H and O–H groups in total. The molecule has 2 aliphatic carbocycles. The van der Waals surface area contributed by atoms with Crippen LogP contribution in [0.25, 0.3) is 0 Å². The number of carbonyl (C=O) groups is 1. The molecule has 3 atom stereocenters. The number of benzene rings is 1. The average Bonchev–Trinajstić information content (AvgIpc) is 3.11. The second-order valence-electron chi connectivity index (χ2n) is 6.37. The Morgan fingerprint density at radius 2 is 2.00 bits per heavy atom. The van der Waals surface area contributed by atoms with Crippen LogP contribution in [-0.4, -0.2) is 20.1 Å². The lowest BCUT2D eigenvalue weighted by Crippen LogP contribution is -2.20. The topological polar surface area (TPSA) is 47.6 Å². The number of methoxy groups -OCH3 is 2. The van der Waals surface area contributed by atoms with Gasteiger partial charge in [-0.15, -0.1) is 0 Å². The van der Waals surface area contributed by atoms with Crippen molar-refractivity contribution in [2.24, 2.45) is 17.8 Å². The number of carbonyl (C=O) groups excluding carboxylic acids is 1. The maximum atomic E-state index is 12.4. The van der Waals surface area contributed by atoms with Gasteiger partial charge in [-0.2, -0.15) is 0 Å². The Labute approximate surface area is 136 Å². The molecule has 0 spiro atoms. The number of hydrogen-bond acceptors (Lipinski definition) is 3. The second-order valence-corrected chi connectivity index (χ2v) is 6.78. The molecule has 5 heteroatoms. The maximum Gasteiger partial charge on any atom is 0.224 e. The fraction of sp³-hybridized carbons (Fsp3) is 0.588. The van der Waals surface area contributed by atoms with Crippen LogP contribution in [0.1, 0.15) is 32.1 Å². The number of anilines is 1. The molecule has 1 aromatic carbocycles. The third-order valence-electron chi connectivity index (χ3n) is 5.08. The SMILES string of the molecule is COc1cc(NC(=O)C[C@H]2C[C@H]3CC[C@@H]2C3)c(OC)cc1Cl. The van der Waals surface area contributed by atoms with Gasteiger partial charge in [-0.25, -0.2) is 0 Å². The molecule has 0 radical (unpaired) electrons. The van der Waals surface area contributed by atoms with E-state index >= 15 is 0 Å². The third-order valence-corrected chi connectivity index (χ3v) is 5.38. The van der Waals surface area contributed by atoms with Crippen LogP contribution in [0.15, 0.2) is 12.1 Å². The lowest BCUT2D eigenvalue weighted by atomic mass is 9.86. The molecule has 2 fully saturated rings.